The van der Waals surface area contributed by atoms with E-state index in [0.717, 1.165) is 30.3 Å². The Hall–Kier alpha value is -1.37. The molecule has 1 heterocycles. The zero-order chi connectivity index (χ0) is 15.5. The minimum absolute atomic E-state index is 0.0188. The highest BCUT2D eigenvalue weighted by Crippen LogP contribution is 2.29. The molecule has 1 amide bonds. The van der Waals surface area contributed by atoms with E-state index in [2.05, 4.69) is 26.2 Å². The predicted molar refractivity (Wildman–Crippen MR) is 97.9 cm³/mol. The lowest BCUT2D eigenvalue weighted by molar-refractivity contribution is -0.113. The minimum Gasteiger partial charge on any atom is -0.325 e. The van der Waals surface area contributed by atoms with E-state index in [4.69, 9.17) is 0 Å². The first-order valence-electron chi connectivity index (χ1n) is 6.66. The molecule has 1 aromatic heterocycles. The molecule has 0 saturated heterocycles. The number of rotatable bonds is 4. The van der Waals surface area contributed by atoms with Gasteiger partial charge in [0.15, 0.2) is 4.34 Å². The Morgan fingerprint density at radius 2 is 2.14 bits per heavy atom. The van der Waals surface area contributed by atoms with E-state index in [1.807, 2.05) is 49.4 Å². The van der Waals surface area contributed by atoms with Gasteiger partial charge in [-0.15, -0.1) is 11.3 Å². The number of hydrogen-bond donors (Lipinski definition) is 1. The van der Waals surface area contributed by atoms with Gasteiger partial charge < -0.3 is 5.32 Å². The summed E-state index contributed by atoms with van der Waals surface area (Å²) in [5.41, 5.74) is 2.87. The second kappa shape index (κ2) is 6.81. The van der Waals surface area contributed by atoms with Crippen molar-refractivity contribution in [1.29, 1.82) is 0 Å². The van der Waals surface area contributed by atoms with Gasteiger partial charge in [-0.25, -0.2) is 4.98 Å². The van der Waals surface area contributed by atoms with Crippen LogP contribution < -0.4 is 5.32 Å². The lowest BCUT2D eigenvalue weighted by Crippen LogP contribution is -2.14. The Labute approximate surface area is 145 Å². The number of nitrogens with one attached hydrogen (secondary N) is 1. The van der Waals surface area contributed by atoms with Crippen molar-refractivity contribution in [1.82, 2.24) is 4.98 Å². The van der Waals surface area contributed by atoms with Crippen molar-refractivity contribution in [2.45, 2.75) is 11.3 Å². The molecule has 112 valence electrons. The quantitative estimate of drug-likeness (QED) is 0.628. The van der Waals surface area contributed by atoms with Crippen LogP contribution in [0.1, 0.15) is 5.56 Å². The number of amides is 1. The molecular weight excluding hydrogens is 380 g/mol. The average molecular weight is 393 g/mol. The molecule has 0 spiro atoms. The van der Waals surface area contributed by atoms with Crippen molar-refractivity contribution in [2.75, 3.05) is 11.1 Å². The van der Waals surface area contributed by atoms with Crippen molar-refractivity contribution in [2.24, 2.45) is 0 Å². The van der Waals surface area contributed by atoms with E-state index in [9.17, 15) is 4.79 Å². The van der Waals surface area contributed by atoms with Crippen molar-refractivity contribution in [3.05, 3.63) is 52.5 Å². The van der Waals surface area contributed by atoms with Crippen molar-refractivity contribution in [3.63, 3.8) is 0 Å². The summed E-state index contributed by atoms with van der Waals surface area (Å²) in [5, 5.41) is 2.94. The fraction of sp³-hybridized carbons (Fsp3) is 0.125. The number of fused-ring (bicyclic) bond motifs is 1. The Morgan fingerprint density at radius 3 is 2.91 bits per heavy atom. The molecule has 6 heteroatoms. The molecule has 0 bridgehead atoms. The largest absolute Gasteiger partial charge is 0.325 e. The number of thioether (sulfide) groups is 1. The van der Waals surface area contributed by atoms with Crippen molar-refractivity contribution in [3.8, 4) is 0 Å². The number of aromatic nitrogens is 1. The second-order valence-electron chi connectivity index (χ2n) is 4.74. The smallest absolute Gasteiger partial charge is 0.234 e. The second-order valence-corrected chi connectivity index (χ2v) is 7.91. The van der Waals surface area contributed by atoms with E-state index >= 15 is 0 Å². The van der Waals surface area contributed by atoms with Crippen LogP contribution in [0.5, 0.6) is 0 Å². The number of para-hydroxylation sites is 1. The summed E-state index contributed by atoms with van der Waals surface area (Å²) in [6, 6.07) is 13.8. The maximum atomic E-state index is 12.1. The third-order valence-electron chi connectivity index (χ3n) is 3.06. The van der Waals surface area contributed by atoms with Gasteiger partial charge in [0.1, 0.15) is 0 Å². The molecule has 22 heavy (non-hydrogen) atoms. The number of aryl methyl sites for hydroxylation is 1. The monoisotopic (exact) mass is 392 g/mol. The number of carbonyl (C=O) groups excluding carboxylic acids is 1. The zero-order valence-corrected chi connectivity index (χ0v) is 15.0. The maximum Gasteiger partial charge on any atom is 0.234 e. The lowest BCUT2D eigenvalue weighted by atomic mass is 10.2. The number of hydrogen-bond acceptors (Lipinski definition) is 4. The van der Waals surface area contributed by atoms with Crippen LogP contribution in [-0.4, -0.2) is 16.6 Å². The van der Waals surface area contributed by atoms with Crippen LogP contribution in [0.4, 0.5) is 5.69 Å². The van der Waals surface area contributed by atoms with E-state index in [1.54, 1.807) is 11.3 Å². The molecule has 0 aliphatic heterocycles. The van der Waals surface area contributed by atoms with Crippen LogP contribution in [0.3, 0.4) is 0 Å². The Morgan fingerprint density at radius 1 is 1.32 bits per heavy atom. The fourth-order valence-corrected chi connectivity index (χ4v) is 4.34. The molecule has 0 fully saturated rings. The van der Waals surface area contributed by atoms with Gasteiger partial charge in [0.2, 0.25) is 5.91 Å². The van der Waals surface area contributed by atoms with E-state index in [1.165, 1.54) is 11.8 Å². The van der Waals surface area contributed by atoms with Gasteiger partial charge in [-0.3, -0.25) is 4.79 Å². The van der Waals surface area contributed by atoms with Crippen LogP contribution >= 0.6 is 39.0 Å². The van der Waals surface area contributed by atoms with Gasteiger partial charge in [-0.1, -0.05) is 39.8 Å². The number of halogens is 1. The topological polar surface area (TPSA) is 42.0 Å². The molecule has 0 aliphatic carbocycles. The maximum absolute atomic E-state index is 12.1. The lowest BCUT2D eigenvalue weighted by Gasteiger charge is -2.08. The Balaban J connectivity index is 1.62. The third kappa shape index (κ3) is 3.69. The third-order valence-corrected chi connectivity index (χ3v) is 5.74. The molecule has 0 saturated carbocycles. The predicted octanol–water partition coefficient (Wildman–Crippen LogP) is 5.10. The van der Waals surface area contributed by atoms with Gasteiger partial charge in [0.05, 0.1) is 16.0 Å². The number of thiazole rings is 1. The number of anilines is 1. The molecule has 3 aromatic rings. The van der Waals surface area contributed by atoms with Crippen LogP contribution in [-0.2, 0) is 4.79 Å². The van der Waals surface area contributed by atoms with Crippen molar-refractivity contribution >= 4 is 60.8 Å². The first kappa shape index (κ1) is 15.5. The normalized spacial score (nSPS) is 10.8. The number of carbonyl (C=O) groups is 1. The number of benzene rings is 2. The van der Waals surface area contributed by atoms with Gasteiger partial charge in [0.25, 0.3) is 0 Å². The molecular formula is C16H13BrN2OS2. The molecule has 0 unspecified atom stereocenters. The highest BCUT2D eigenvalue weighted by molar-refractivity contribution is 9.10. The SMILES string of the molecule is Cc1cc(Br)ccc1NC(=O)CSc1nc2ccccc2s1. The first-order chi connectivity index (χ1) is 10.6. The van der Waals surface area contributed by atoms with Gasteiger partial charge >= 0.3 is 0 Å². The summed E-state index contributed by atoms with van der Waals surface area (Å²) < 4.78 is 3.07. The average Bonchev–Trinajstić information content (AvgIpc) is 2.91. The summed E-state index contributed by atoms with van der Waals surface area (Å²) in [6.45, 7) is 1.97. The van der Waals surface area contributed by atoms with Crippen LogP contribution in [0.2, 0.25) is 0 Å². The summed E-state index contributed by atoms with van der Waals surface area (Å²) in [7, 11) is 0. The van der Waals surface area contributed by atoms with Crippen LogP contribution in [0, 0.1) is 6.92 Å². The fourth-order valence-electron chi connectivity index (χ4n) is 1.99. The van der Waals surface area contributed by atoms with E-state index < -0.39 is 0 Å². The summed E-state index contributed by atoms with van der Waals surface area (Å²) in [5.74, 6) is 0.338. The van der Waals surface area contributed by atoms with Crippen LogP contribution in [0.15, 0.2) is 51.3 Å². The molecule has 0 aliphatic rings. The highest BCUT2D eigenvalue weighted by atomic mass is 79.9. The molecule has 0 atom stereocenters. The van der Waals surface area contributed by atoms with Crippen LogP contribution in [0.25, 0.3) is 10.2 Å². The standard InChI is InChI=1S/C16H13BrN2OS2/c1-10-8-11(17)6-7-12(10)18-15(20)9-21-16-19-13-4-2-3-5-14(13)22-16/h2-8H,9H2,1H3,(H,18,20). The Bertz CT molecular complexity index is 799. The molecule has 3 nitrogen and oxygen atoms in total. The Kier molecular flexibility index (Phi) is 4.81. The minimum atomic E-state index is -0.0188. The van der Waals surface area contributed by atoms with Gasteiger partial charge in [-0.05, 0) is 42.8 Å². The van der Waals surface area contributed by atoms with E-state index in [-0.39, 0.29) is 5.91 Å². The van der Waals surface area contributed by atoms with E-state index in [0.29, 0.717) is 5.75 Å². The zero-order valence-electron chi connectivity index (χ0n) is 11.8. The van der Waals surface area contributed by atoms with Gasteiger partial charge in [0, 0.05) is 10.2 Å². The molecule has 0 radical (unpaired) electrons. The van der Waals surface area contributed by atoms with Crippen molar-refractivity contribution < 1.29 is 4.79 Å². The highest BCUT2D eigenvalue weighted by Gasteiger charge is 2.09. The first-order valence-corrected chi connectivity index (χ1v) is 9.26. The molecule has 2 aromatic carbocycles. The summed E-state index contributed by atoms with van der Waals surface area (Å²) in [6.07, 6.45) is 0. The molecule has 3 rings (SSSR count). The summed E-state index contributed by atoms with van der Waals surface area (Å²) >= 11 is 6.50. The van der Waals surface area contributed by atoms with Gasteiger partial charge in [-0.2, -0.15) is 0 Å². The summed E-state index contributed by atoms with van der Waals surface area (Å²) in [4.78, 5) is 16.6. The molecule has 1 N–H and O–H groups in total. The number of nitrogens with zero attached hydrogens (tertiary/aromatic N) is 1.